The summed E-state index contributed by atoms with van der Waals surface area (Å²) in [6, 6.07) is 0. The van der Waals surface area contributed by atoms with Crippen LogP contribution in [-0.2, 0) is 47.4 Å². The molecule has 0 aromatic heterocycles. The highest BCUT2D eigenvalue weighted by Gasteiger charge is 2.69. The lowest BCUT2D eigenvalue weighted by Gasteiger charge is -2.58. The Kier molecular flexibility index (Phi) is 15.1. The van der Waals surface area contributed by atoms with Gasteiger partial charge in [0.05, 0.1) is 48.8 Å². The van der Waals surface area contributed by atoms with Crippen molar-refractivity contribution < 1.29 is 98.4 Å². The van der Waals surface area contributed by atoms with Crippen LogP contribution in [0.1, 0.15) is 106 Å². The minimum absolute atomic E-state index is 0.0308. The van der Waals surface area contributed by atoms with Crippen LogP contribution < -0.4 is 0 Å². The Labute approximate surface area is 415 Å². The fourth-order valence-corrected chi connectivity index (χ4v) is 15.3. The number of aliphatic hydroxyl groups is 10. The Morgan fingerprint density at radius 1 is 0.592 bits per heavy atom. The van der Waals surface area contributed by atoms with E-state index in [2.05, 4.69) is 33.8 Å². The van der Waals surface area contributed by atoms with Crippen LogP contribution in [0.25, 0.3) is 0 Å². The molecule has 6 heterocycles. The van der Waals surface area contributed by atoms with Crippen molar-refractivity contribution in [3.63, 3.8) is 0 Å². The van der Waals surface area contributed by atoms with Gasteiger partial charge in [-0.15, -0.1) is 0 Å². The molecule has 0 bridgehead atoms. The van der Waals surface area contributed by atoms with Gasteiger partial charge in [0.25, 0.3) is 0 Å². The van der Waals surface area contributed by atoms with E-state index in [4.69, 9.17) is 47.4 Å². The molecule has 4 aliphatic carbocycles. The molecule has 20 heteroatoms. The minimum Gasteiger partial charge on any atom is -0.394 e. The lowest BCUT2D eigenvalue weighted by atomic mass is 9.48. The van der Waals surface area contributed by atoms with Crippen molar-refractivity contribution >= 4 is 0 Å². The molecule has 406 valence electrons. The van der Waals surface area contributed by atoms with Crippen molar-refractivity contribution in [2.24, 2.45) is 40.4 Å². The molecule has 1 spiro atoms. The molecule has 10 N–H and O–H groups in total. The molecule has 0 radical (unpaired) electrons. The summed E-state index contributed by atoms with van der Waals surface area (Å²) in [5, 5.41) is 109. The molecule has 0 amide bonds. The van der Waals surface area contributed by atoms with E-state index in [1.807, 2.05) is 0 Å². The predicted octanol–water partition coefficient (Wildman–Crippen LogP) is -0.112. The van der Waals surface area contributed by atoms with Crippen LogP contribution in [0.3, 0.4) is 0 Å². The highest BCUT2D eigenvalue weighted by molar-refractivity contribution is 5.27. The predicted molar refractivity (Wildman–Crippen MR) is 244 cm³/mol. The molecular formula is C51H82O20. The number of ether oxygens (including phenoxy) is 10. The summed E-state index contributed by atoms with van der Waals surface area (Å²) in [4.78, 5) is 0. The van der Waals surface area contributed by atoms with E-state index in [9.17, 15) is 51.1 Å². The molecule has 10 aliphatic rings. The van der Waals surface area contributed by atoms with Crippen molar-refractivity contribution in [2.45, 2.75) is 253 Å². The minimum atomic E-state index is -1.83. The van der Waals surface area contributed by atoms with Gasteiger partial charge in [-0.3, -0.25) is 0 Å². The maximum absolute atomic E-state index is 11.5. The van der Waals surface area contributed by atoms with Crippen LogP contribution in [0, 0.1) is 40.4 Å². The summed E-state index contributed by atoms with van der Waals surface area (Å²) in [7, 11) is 0. The van der Waals surface area contributed by atoms with Crippen molar-refractivity contribution in [2.75, 3.05) is 13.2 Å². The van der Waals surface area contributed by atoms with E-state index in [0.29, 0.717) is 42.4 Å². The van der Waals surface area contributed by atoms with Crippen molar-refractivity contribution in [3.05, 3.63) is 11.6 Å². The summed E-state index contributed by atoms with van der Waals surface area (Å²) < 4.78 is 61.3. The molecule has 0 aromatic carbocycles. The SMILES string of the molecule is CC1CCC2(CC3OC4C5CC=C6CC(O[C@@H]7O[C@H](CO)[C@@H](O[C@@H]8O[C@H](C)[C@H](O[C@@H]9O[C@H](C)[C@H](O)[C@@H](O[C@@H]%10O[C@H](C)[C@@H](O)[C@@H](O)[C@H]%10O)[C@H]9O)[C@@H](O)[C@H]8O)[C@H](O)[C@H]7O)CCC6(C)C5CCC4(C)C3C2C)OC1. The molecule has 9 fully saturated rings. The van der Waals surface area contributed by atoms with Gasteiger partial charge in [0.1, 0.15) is 79.4 Å². The molecule has 20 nitrogen and oxygen atoms in total. The fourth-order valence-electron chi connectivity index (χ4n) is 15.3. The third kappa shape index (κ3) is 9.03. The molecule has 11 unspecified atom stereocenters. The van der Waals surface area contributed by atoms with Gasteiger partial charge in [-0.25, -0.2) is 0 Å². The van der Waals surface area contributed by atoms with E-state index in [1.54, 1.807) is 0 Å². The van der Waals surface area contributed by atoms with Gasteiger partial charge in [0.2, 0.25) is 0 Å². The Morgan fingerprint density at radius 2 is 1.20 bits per heavy atom. The molecule has 6 saturated heterocycles. The van der Waals surface area contributed by atoms with Crippen molar-refractivity contribution in [1.82, 2.24) is 0 Å². The van der Waals surface area contributed by atoms with E-state index in [0.717, 1.165) is 45.1 Å². The summed E-state index contributed by atoms with van der Waals surface area (Å²) >= 11 is 0. The normalized spacial score (nSPS) is 58.4. The number of hydrogen-bond acceptors (Lipinski definition) is 20. The fraction of sp³-hybridized carbons (Fsp3) is 0.961. The Bertz CT molecular complexity index is 1890. The number of aliphatic hydroxyl groups excluding tert-OH is 10. The summed E-state index contributed by atoms with van der Waals surface area (Å²) in [6.45, 7) is 14.2. The third-order valence-electron chi connectivity index (χ3n) is 19.7. The van der Waals surface area contributed by atoms with Crippen LogP contribution in [-0.4, -0.2) is 211 Å². The topological polar surface area (TPSA) is 295 Å². The molecular weight excluding hydrogens is 933 g/mol. The van der Waals surface area contributed by atoms with Gasteiger partial charge in [-0.05, 0) is 113 Å². The van der Waals surface area contributed by atoms with E-state index in [-0.39, 0.29) is 34.7 Å². The molecule has 10 rings (SSSR count). The molecule has 71 heavy (non-hydrogen) atoms. The van der Waals surface area contributed by atoms with E-state index >= 15 is 0 Å². The maximum Gasteiger partial charge on any atom is 0.187 e. The number of hydrogen-bond donors (Lipinski definition) is 10. The first-order valence-corrected chi connectivity index (χ1v) is 26.6. The molecule has 31 atom stereocenters. The zero-order valence-corrected chi connectivity index (χ0v) is 42.1. The van der Waals surface area contributed by atoms with Gasteiger partial charge in [-0.2, -0.15) is 0 Å². The van der Waals surface area contributed by atoms with Crippen LogP contribution in [0.4, 0.5) is 0 Å². The zero-order valence-electron chi connectivity index (χ0n) is 42.1. The summed E-state index contributed by atoms with van der Waals surface area (Å²) in [6.07, 6.45) is -18.3. The Morgan fingerprint density at radius 3 is 1.87 bits per heavy atom. The second kappa shape index (κ2) is 20.1. The van der Waals surface area contributed by atoms with Crippen molar-refractivity contribution in [3.8, 4) is 0 Å². The smallest absolute Gasteiger partial charge is 0.187 e. The number of fused-ring (bicyclic) bond motifs is 7. The van der Waals surface area contributed by atoms with Gasteiger partial charge >= 0.3 is 0 Å². The molecule has 3 saturated carbocycles. The van der Waals surface area contributed by atoms with Crippen LogP contribution in [0.5, 0.6) is 0 Å². The lowest BCUT2D eigenvalue weighted by Crippen LogP contribution is -2.66. The first kappa shape index (κ1) is 53.3. The second-order valence-corrected chi connectivity index (χ2v) is 23.9. The van der Waals surface area contributed by atoms with Gasteiger partial charge in [0, 0.05) is 13.0 Å². The monoisotopic (exact) mass is 1010 g/mol. The van der Waals surface area contributed by atoms with Crippen LogP contribution in [0.2, 0.25) is 0 Å². The van der Waals surface area contributed by atoms with Crippen molar-refractivity contribution in [1.29, 1.82) is 0 Å². The summed E-state index contributed by atoms with van der Waals surface area (Å²) in [5.74, 6) is 2.46. The zero-order chi connectivity index (χ0) is 50.8. The highest BCUT2D eigenvalue weighted by Crippen LogP contribution is 2.68. The van der Waals surface area contributed by atoms with Gasteiger partial charge in [0.15, 0.2) is 25.2 Å². The molecule has 6 aliphatic heterocycles. The second-order valence-electron chi connectivity index (χ2n) is 23.9. The van der Waals surface area contributed by atoms with Crippen LogP contribution >= 0.6 is 0 Å². The Balaban J connectivity index is 0.737. The first-order valence-electron chi connectivity index (χ1n) is 26.6. The number of rotatable bonds is 9. The average Bonchev–Trinajstić information content (AvgIpc) is 3.79. The standard InChI is InChI=1S/C51H82O20/c1-20-10-15-51(62-19-20)17-29-31(21(51)2)50(7)14-12-28-27(44(50)67-29)9-8-25-16-26(11-13-49(25,28)6)66-47-39(60)36(57)42(30(18-52)68-47)70-46-38(59)35(56)41(24(5)65-46)69-48-40(61)43(33(54)23(4)64-48)71-45-37(58)34(55)32(53)22(3)63-45/h8,20-24,26-48,52-61H,9-19H2,1-7H3/t20?,21?,22-,23-,24-,26?,27?,28?,29?,30-,31?,32-,33+,34-,35+,36-,37-,38-,39-,40-,41+,42-,43-,44?,45+,46+,47-,48+,49?,50?,51?/m1/s1. The largest absolute Gasteiger partial charge is 0.394 e. The number of allylic oxidation sites excluding steroid dienone is 1. The van der Waals surface area contributed by atoms with E-state index < -0.39 is 129 Å². The lowest BCUT2D eigenvalue weighted by molar-refractivity contribution is -0.385. The summed E-state index contributed by atoms with van der Waals surface area (Å²) in [5.41, 5.74) is 1.36. The highest BCUT2D eigenvalue weighted by atomic mass is 16.8. The third-order valence-corrected chi connectivity index (χ3v) is 19.7. The maximum atomic E-state index is 11.5. The Hall–Kier alpha value is -1.06. The van der Waals surface area contributed by atoms with Gasteiger partial charge < -0.3 is 98.4 Å². The molecule has 0 aromatic rings. The van der Waals surface area contributed by atoms with Crippen LogP contribution in [0.15, 0.2) is 11.6 Å². The first-order chi connectivity index (χ1) is 33.6. The average molecular weight is 1020 g/mol. The van der Waals surface area contributed by atoms with Gasteiger partial charge in [-0.1, -0.05) is 39.3 Å². The van der Waals surface area contributed by atoms with E-state index in [1.165, 1.54) is 32.8 Å². The quantitative estimate of drug-likeness (QED) is 0.135.